The van der Waals surface area contributed by atoms with E-state index in [1.807, 2.05) is 0 Å². The van der Waals surface area contributed by atoms with Crippen LogP contribution in [0.4, 0.5) is 0 Å². The van der Waals surface area contributed by atoms with Crippen LogP contribution in [0.25, 0.3) is 0 Å². The van der Waals surface area contributed by atoms with Gasteiger partial charge in [-0.05, 0) is 65.7 Å². The maximum atomic E-state index is 13.5. The topological polar surface area (TPSA) is 134 Å². The minimum absolute atomic E-state index is 0.0316. The second-order valence-corrected chi connectivity index (χ2v) is 11.7. The minimum atomic E-state index is -3.99. The molecule has 0 atom stereocenters. The third kappa shape index (κ3) is 8.38. The molecular formula is C27H22Cl3N5O5S. The van der Waals surface area contributed by atoms with Crippen molar-refractivity contribution >= 4 is 62.9 Å². The van der Waals surface area contributed by atoms with Gasteiger partial charge in [0.05, 0.1) is 27.7 Å². The molecule has 4 rings (SSSR count). The van der Waals surface area contributed by atoms with Gasteiger partial charge in [0.25, 0.3) is 0 Å². The first-order valence-electron chi connectivity index (χ1n) is 11.9. The van der Waals surface area contributed by atoms with Crippen molar-refractivity contribution in [3.63, 3.8) is 0 Å². The average Bonchev–Trinajstić information content (AvgIpc) is 3.41. The summed E-state index contributed by atoms with van der Waals surface area (Å²) in [5.74, 6) is -1.34. The minimum Gasteiger partial charge on any atom is -0.459 e. The van der Waals surface area contributed by atoms with E-state index >= 15 is 0 Å². The fraction of sp³-hybridized carbons (Fsp3) is 0.111. The number of hydrogen-bond donors (Lipinski definition) is 2. The summed E-state index contributed by atoms with van der Waals surface area (Å²) in [7, 11) is -3.99. The molecule has 0 fully saturated rings. The summed E-state index contributed by atoms with van der Waals surface area (Å²) in [6, 6.07) is 17.2. The summed E-state index contributed by atoms with van der Waals surface area (Å²) in [6.45, 7) is -0.0403. The monoisotopic (exact) mass is 633 g/mol. The molecule has 2 aromatic carbocycles. The number of amides is 2. The molecule has 0 bridgehead atoms. The highest BCUT2D eigenvalue weighted by Gasteiger charge is 2.26. The van der Waals surface area contributed by atoms with E-state index in [2.05, 4.69) is 20.8 Å². The normalized spacial score (nSPS) is 11.6. The number of rotatable bonds is 10. The van der Waals surface area contributed by atoms with Gasteiger partial charge in [0, 0.05) is 30.5 Å². The van der Waals surface area contributed by atoms with Gasteiger partial charge in [-0.1, -0.05) is 46.9 Å². The molecule has 0 radical (unpaired) electrons. The van der Waals surface area contributed by atoms with Crippen molar-refractivity contribution in [2.45, 2.75) is 24.5 Å². The van der Waals surface area contributed by atoms with Gasteiger partial charge in [0.1, 0.15) is 11.5 Å². The Kier molecular flexibility index (Phi) is 10.1. The van der Waals surface area contributed by atoms with Crippen LogP contribution >= 0.6 is 34.8 Å². The molecule has 0 unspecified atom stereocenters. The lowest BCUT2D eigenvalue weighted by atomic mass is 10.2. The molecule has 2 amide bonds. The Morgan fingerprint density at radius 2 is 1.71 bits per heavy atom. The number of nitrogens with one attached hydrogen (secondary N) is 2. The molecule has 41 heavy (non-hydrogen) atoms. The zero-order valence-corrected chi connectivity index (χ0v) is 24.2. The van der Waals surface area contributed by atoms with Gasteiger partial charge in [-0.2, -0.15) is 9.41 Å². The highest BCUT2D eigenvalue weighted by Crippen LogP contribution is 2.27. The highest BCUT2D eigenvalue weighted by molar-refractivity contribution is 7.89. The van der Waals surface area contributed by atoms with Crippen molar-refractivity contribution in [1.82, 2.24) is 20.0 Å². The lowest BCUT2D eigenvalue weighted by Crippen LogP contribution is -2.37. The molecule has 14 heteroatoms. The molecule has 2 heterocycles. The van der Waals surface area contributed by atoms with E-state index in [1.54, 1.807) is 54.9 Å². The van der Waals surface area contributed by atoms with Crippen LogP contribution < -0.4 is 10.7 Å². The van der Waals surface area contributed by atoms with Crippen LogP contribution in [0, 0.1) is 0 Å². The van der Waals surface area contributed by atoms with Gasteiger partial charge in [0.2, 0.25) is 10.0 Å². The summed E-state index contributed by atoms with van der Waals surface area (Å²) in [6.07, 6.45) is 4.35. The van der Waals surface area contributed by atoms with E-state index < -0.39 is 21.8 Å². The molecular weight excluding hydrogens is 613 g/mol. The van der Waals surface area contributed by atoms with E-state index in [4.69, 9.17) is 39.2 Å². The van der Waals surface area contributed by atoms with Crippen molar-refractivity contribution in [2.75, 3.05) is 0 Å². The third-order valence-corrected chi connectivity index (χ3v) is 8.35. The zero-order valence-electron chi connectivity index (χ0n) is 21.1. The molecule has 0 spiro atoms. The molecule has 2 aromatic heterocycles. The van der Waals surface area contributed by atoms with E-state index in [9.17, 15) is 18.0 Å². The van der Waals surface area contributed by atoms with Crippen molar-refractivity contribution in [3.05, 3.63) is 117 Å². The number of aromatic nitrogens is 1. The fourth-order valence-corrected chi connectivity index (χ4v) is 5.36. The Bertz CT molecular complexity index is 1660. The largest absolute Gasteiger partial charge is 0.459 e. The maximum Gasteiger partial charge on any atom is 0.329 e. The van der Waals surface area contributed by atoms with Gasteiger partial charge in [-0.25, -0.2) is 13.8 Å². The number of carbonyl (C=O) groups excluding carboxylic acids is 2. The average molecular weight is 635 g/mol. The Labute approximate surface area is 251 Å². The van der Waals surface area contributed by atoms with Crippen molar-refractivity contribution in [2.24, 2.45) is 5.10 Å². The second kappa shape index (κ2) is 13.7. The first-order valence-corrected chi connectivity index (χ1v) is 14.5. The van der Waals surface area contributed by atoms with Crippen molar-refractivity contribution < 1.29 is 22.4 Å². The number of halogens is 3. The number of carbonyl (C=O) groups is 2. The zero-order chi connectivity index (χ0) is 29.4. The number of hydrogen-bond acceptors (Lipinski definition) is 7. The molecule has 212 valence electrons. The van der Waals surface area contributed by atoms with Gasteiger partial charge in [0.15, 0.2) is 0 Å². The molecule has 0 aliphatic rings. The third-order valence-electron chi connectivity index (χ3n) is 5.55. The summed E-state index contributed by atoms with van der Waals surface area (Å²) >= 11 is 18.1. The second-order valence-electron chi connectivity index (χ2n) is 8.52. The Morgan fingerprint density at radius 3 is 2.41 bits per heavy atom. The van der Waals surface area contributed by atoms with Crippen LogP contribution in [-0.2, 0) is 39.2 Å². The number of hydrazone groups is 1. The molecule has 4 aromatic rings. The number of sulfonamides is 1. The van der Waals surface area contributed by atoms with E-state index in [0.717, 1.165) is 5.56 Å². The first kappa shape index (κ1) is 30.2. The number of pyridine rings is 1. The van der Waals surface area contributed by atoms with Crippen LogP contribution in [0.1, 0.15) is 22.6 Å². The standard InChI is InChI=1S/C27H22Cl3N5O5S/c28-20-4-8-23(9-5-20)41(38,39)35(16-18-3-10-24(29)25(30)12-18)17-22-7-6-21(40-22)15-33-34-27(37)26(36)32-14-19-2-1-11-31-13-19/h1-13,15H,14,16-17H2,(H,32,36)(H,34,37)/b33-15+. The fourth-order valence-electron chi connectivity index (χ4n) is 3.52. The summed E-state index contributed by atoms with van der Waals surface area (Å²) < 4.78 is 34.0. The number of nitrogens with zero attached hydrogens (tertiary/aromatic N) is 3. The lowest BCUT2D eigenvalue weighted by Gasteiger charge is -2.22. The molecule has 0 saturated carbocycles. The predicted octanol–water partition coefficient (Wildman–Crippen LogP) is 4.79. The number of benzene rings is 2. The van der Waals surface area contributed by atoms with E-state index in [-0.39, 0.29) is 35.3 Å². The number of furan rings is 1. The van der Waals surface area contributed by atoms with E-state index in [1.165, 1.54) is 34.8 Å². The molecule has 0 saturated heterocycles. The van der Waals surface area contributed by atoms with Crippen LogP contribution in [0.2, 0.25) is 15.1 Å². The van der Waals surface area contributed by atoms with Crippen molar-refractivity contribution in [1.29, 1.82) is 0 Å². The van der Waals surface area contributed by atoms with Gasteiger partial charge < -0.3 is 9.73 Å². The highest BCUT2D eigenvalue weighted by atomic mass is 35.5. The molecule has 0 aliphatic carbocycles. The quantitative estimate of drug-likeness (QED) is 0.146. The van der Waals surface area contributed by atoms with Crippen molar-refractivity contribution in [3.8, 4) is 0 Å². The molecule has 2 N–H and O–H groups in total. The maximum absolute atomic E-state index is 13.5. The van der Waals surface area contributed by atoms with Crippen LogP contribution in [0.5, 0.6) is 0 Å². The van der Waals surface area contributed by atoms with Crippen LogP contribution in [0.3, 0.4) is 0 Å². The molecule has 10 nitrogen and oxygen atoms in total. The summed E-state index contributed by atoms with van der Waals surface area (Å²) in [5, 5.41) is 7.22. The van der Waals surface area contributed by atoms with Crippen LogP contribution in [0.15, 0.2) is 93.5 Å². The Balaban J connectivity index is 1.43. The SMILES string of the molecule is O=C(NCc1cccnc1)C(=O)N/N=C/c1ccc(CN(Cc2ccc(Cl)c(Cl)c2)S(=O)(=O)c2ccc(Cl)cc2)o1. The smallest absolute Gasteiger partial charge is 0.329 e. The summed E-state index contributed by atoms with van der Waals surface area (Å²) in [5.41, 5.74) is 3.45. The predicted molar refractivity (Wildman–Crippen MR) is 155 cm³/mol. The first-order chi connectivity index (χ1) is 19.6. The van der Waals surface area contributed by atoms with Gasteiger partial charge in [-0.3, -0.25) is 14.6 Å². The summed E-state index contributed by atoms with van der Waals surface area (Å²) in [4.78, 5) is 28.0. The lowest BCUT2D eigenvalue weighted by molar-refractivity contribution is -0.139. The van der Waals surface area contributed by atoms with E-state index in [0.29, 0.717) is 21.4 Å². The molecule has 0 aliphatic heterocycles. The van der Waals surface area contributed by atoms with Gasteiger partial charge in [-0.15, -0.1) is 0 Å². The van der Waals surface area contributed by atoms with Crippen LogP contribution in [-0.4, -0.2) is 35.7 Å². The Hall–Kier alpha value is -3.74. The van der Waals surface area contributed by atoms with Gasteiger partial charge >= 0.3 is 11.8 Å². The Morgan fingerprint density at radius 1 is 0.927 bits per heavy atom.